The Kier molecular flexibility index (Phi) is 8.47. The third-order valence-corrected chi connectivity index (χ3v) is 7.18. The Bertz CT molecular complexity index is 901. The number of amides is 3. The molecule has 3 aliphatic rings. The Hall–Kier alpha value is -2.50. The average molecular weight is 518 g/mol. The summed E-state index contributed by atoms with van der Waals surface area (Å²) >= 11 is 0. The maximum absolute atomic E-state index is 13.5. The van der Waals surface area contributed by atoms with Crippen LogP contribution in [0.4, 0.5) is 13.2 Å². The third kappa shape index (κ3) is 7.04. The van der Waals surface area contributed by atoms with E-state index in [-0.39, 0.29) is 30.7 Å². The minimum Gasteiger partial charge on any atom is -0.356 e. The van der Waals surface area contributed by atoms with Crippen LogP contribution in [-0.2, 0) is 28.7 Å². The molecule has 2 N–H and O–H groups in total. The predicted molar refractivity (Wildman–Crippen MR) is 120 cm³/mol. The monoisotopic (exact) mass is 517 g/mol. The van der Waals surface area contributed by atoms with Gasteiger partial charge >= 0.3 is 18.2 Å². The molecule has 1 aliphatic carbocycles. The van der Waals surface area contributed by atoms with Gasteiger partial charge in [-0.1, -0.05) is 6.42 Å². The van der Waals surface area contributed by atoms with Crippen molar-refractivity contribution in [1.82, 2.24) is 15.5 Å². The summed E-state index contributed by atoms with van der Waals surface area (Å²) in [4.78, 5) is 65.1. The minimum absolute atomic E-state index is 0.0358. The molecule has 9 nitrogen and oxygen atoms in total. The van der Waals surface area contributed by atoms with Gasteiger partial charge in [-0.2, -0.15) is 0 Å². The minimum atomic E-state index is -5.01. The van der Waals surface area contributed by atoms with Crippen molar-refractivity contribution in [3.63, 3.8) is 0 Å². The standard InChI is InChI=1S/C24H34F3N3O6/c1-23(2,3)29-21(34)22(35)30-11-14-5-4-6-16(14)19(30)17(31)10-15(9-13-7-8-28-20(13)33)18(32)12-36-24(25,26)27/h13-16,19H,4-12H2,1-3H3,(H,28,33)(H,29,34)/t13-,14-,15+,16-,19-/m0/s1. The Morgan fingerprint density at radius 3 is 2.42 bits per heavy atom. The molecule has 2 aliphatic heterocycles. The van der Waals surface area contributed by atoms with E-state index in [1.807, 2.05) is 0 Å². The van der Waals surface area contributed by atoms with Gasteiger partial charge in [-0.25, -0.2) is 0 Å². The summed E-state index contributed by atoms with van der Waals surface area (Å²) in [6, 6.07) is -0.938. The van der Waals surface area contributed by atoms with E-state index in [4.69, 9.17) is 0 Å². The summed E-state index contributed by atoms with van der Waals surface area (Å²) in [6.45, 7) is 4.52. The van der Waals surface area contributed by atoms with Crippen LogP contribution >= 0.6 is 0 Å². The Morgan fingerprint density at radius 1 is 1.14 bits per heavy atom. The molecule has 0 aromatic carbocycles. The van der Waals surface area contributed by atoms with Gasteiger partial charge < -0.3 is 15.5 Å². The first kappa shape index (κ1) is 28.1. The number of rotatable bonds is 8. The molecule has 36 heavy (non-hydrogen) atoms. The topological polar surface area (TPSA) is 122 Å². The number of hydrogen-bond acceptors (Lipinski definition) is 6. The molecule has 5 atom stereocenters. The van der Waals surface area contributed by atoms with E-state index < -0.39 is 66.2 Å². The molecule has 0 aromatic rings. The molecular weight excluding hydrogens is 483 g/mol. The number of carbonyl (C=O) groups is 5. The van der Waals surface area contributed by atoms with Crippen LogP contribution in [0.2, 0.25) is 0 Å². The number of alkyl halides is 3. The Labute approximate surface area is 207 Å². The first-order valence-corrected chi connectivity index (χ1v) is 12.3. The van der Waals surface area contributed by atoms with Gasteiger partial charge in [0.15, 0.2) is 11.6 Å². The highest BCUT2D eigenvalue weighted by Crippen LogP contribution is 2.43. The fourth-order valence-corrected chi connectivity index (χ4v) is 5.63. The van der Waals surface area contributed by atoms with Crippen molar-refractivity contribution in [2.24, 2.45) is 23.7 Å². The van der Waals surface area contributed by atoms with Crippen molar-refractivity contribution in [3.05, 3.63) is 0 Å². The van der Waals surface area contributed by atoms with Gasteiger partial charge in [-0.05, 0) is 58.3 Å². The maximum atomic E-state index is 13.5. The van der Waals surface area contributed by atoms with Crippen molar-refractivity contribution >= 4 is 29.3 Å². The highest BCUT2D eigenvalue weighted by Gasteiger charge is 2.51. The molecule has 2 heterocycles. The van der Waals surface area contributed by atoms with E-state index in [0.29, 0.717) is 19.4 Å². The van der Waals surface area contributed by atoms with Gasteiger partial charge in [-0.15, -0.1) is 13.2 Å². The molecule has 202 valence electrons. The van der Waals surface area contributed by atoms with Crippen LogP contribution in [0.25, 0.3) is 0 Å². The van der Waals surface area contributed by atoms with Crippen molar-refractivity contribution in [3.8, 4) is 0 Å². The first-order chi connectivity index (χ1) is 16.7. The summed E-state index contributed by atoms with van der Waals surface area (Å²) in [7, 11) is 0. The molecule has 3 fully saturated rings. The highest BCUT2D eigenvalue weighted by molar-refractivity contribution is 6.35. The van der Waals surface area contributed by atoms with E-state index in [9.17, 15) is 37.1 Å². The molecule has 0 unspecified atom stereocenters. The van der Waals surface area contributed by atoms with Crippen molar-refractivity contribution in [2.45, 2.75) is 77.2 Å². The summed E-state index contributed by atoms with van der Waals surface area (Å²) in [5.41, 5.74) is -0.667. The van der Waals surface area contributed by atoms with Crippen LogP contribution in [0.15, 0.2) is 0 Å². The smallest absolute Gasteiger partial charge is 0.356 e. The lowest BCUT2D eigenvalue weighted by Gasteiger charge is -2.29. The highest BCUT2D eigenvalue weighted by atomic mass is 19.4. The molecule has 0 radical (unpaired) electrons. The third-order valence-electron chi connectivity index (χ3n) is 7.18. The molecule has 12 heteroatoms. The number of Topliss-reactive ketones (excluding diaryl/α,β-unsaturated/α-hetero) is 2. The number of nitrogens with one attached hydrogen (secondary N) is 2. The second kappa shape index (κ2) is 10.9. The molecule has 1 saturated carbocycles. The average Bonchev–Trinajstić information content (AvgIpc) is 3.45. The fourth-order valence-electron chi connectivity index (χ4n) is 5.63. The zero-order valence-electron chi connectivity index (χ0n) is 20.8. The summed E-state index contributed by atoms with van der Waals surface area (Å²) in [5.74, 6) is -5.32. The fraction of sp³-hybridized carbons (Fsp3) is 0.792. The largest absolute Gasteiger partial charge is 0.522 e. The van der Waals surface area contributed by atoms with E-state index >= 15 is 0 Å². The first-order valence-electron chi connectivity index (χ1n) is 12.3. The maximum Gasteiger partial charge on any atom is 0.522 e. The summed E-state index contributed by atoms with van der Waals surface area (Å²) in [5, 5.41) is 5.22. The van der Waals surface area contributed by atoms with Crippen LogP contribution in [0.5, 0.6) is 0 Å². The van der Waals surface area contributed by atoms with Crippen molar-refractivity contribution in [2.75, 3.05) is 19.7 Å². The van der Waals surface area contributed by atoms with Gasteiger partial charge in [0, 0.05) is 36.9 Å². The predicted octanol–water partition coefficient (Wildman–Crippen LogP) is 1.74. The second-order valence-corrected chi connectivity index (χ2v) is 11.0. The lowest BCUT2D eigenvalue weighted by molar-refractivity contribution is -0.321. The van der Waals surface area contributed by atoms with Crippen molar-refractivity contribution in [1.29, 1.82) is 0 Å². The molecule has 3 rings (SSSR count). The zero-order chi connectivity index (χ0) is 26.8. The number of hydrogen-bond donors (Lipinski definition) is 2. The SMILES string of the molecule is CC(C)(C)NC(=O)C(=O)N1C[C@@H]2CCC[C@@H]2[C@H]1C(=O)C[C@@H](C[C@@H]1CCNC1=O)C(=O)COC(F)(F)F. The van der Waals surface area contributed by atoms with Gasteiger partial charge in [0.25, 0.3) is 0 Å². The van der Waals surface area contributed by atoms with Gasteiger partial charge in [0.05, 0.1) is 6.04 Å². The quantitative estimate of drug-likeness (QED) is 0.473. The van der Waals surface area contributed by atoms with E-state index in [1.54, 1.807) is 20.8 Å². The molecule has 0 spiro atoms. The zero-order valence-corrected chi connectivity index (χ0v) is 20.8. The van der Waals surface area contributed by atoms with Gasteiger partial charge in [-0.3, -0.25) is 28.7 Å². The van der Waals surface area contributed by atoms with Crippen LogP contribution < -0.4 is 10.6 Å². The van der Waals surface area contributed by atoms with E-state index in [0.717, 1.165) is 12.8 Å². The van der Waals surface area contributed by atoms with Gasteiger partial charge in [0.2, 0.25) is 5.91 Å². The molecule has 2 saturated heterocycles. The van der Waals surface area contributed by atoms with Gasteiger partial charge in [0.1, 0.15) is 6.61 Å². The number of halogens is 3. The lowest BCUT2D eigenvalue weighted by atomic mass is 9.83. The van der Waals surface area contributed by atoms with E-state index in [2.05, 4.69) is 15.4 Å². The summed E-state index contributed by atoms with van der Waals surface area (Å²) < 4.78 is 41.3. The van der Waals surface area contributed by atoms with E-state index in [1.165, 1.54) is 4.90 Å². The number of nitrogens with zero attached hydrogens (tertiary/aromatic N) is 1. The number of ketones is 2. The molecule has 0 aromatic heterocycles. The second-order valence-electron chi connectivity index (χ2n) is 11.0. The number of carbonyl (C=O) groups excluding carboxylic acids is 5. The van der Waals surface area contributed by atoms with Crippen molar-refractivity contribution < 1.29 is 41.9 Å². The Morgan fingerprint density at radius 2 is 1.83 bits per heavy atom. The number of likely N-dealkylation sites (tertiary alicyclic amines) is 1. The van der Waals surface area contributed by atoms with Crippen LogP contribution in [0, 0.1) is 23.7 Å². The number of fused-ring (bicyclic) bond motifs is 1. The molecular formula is C24H34F3N3O6. The van der Waals surface area contributed by atoms with Crippen LogP contribution in [0.1, 0.15) is 59.3 Å². The lowest BCUT2D eigenvalue weighted by Crippen LogP contribution is -2.53. The summed E-state index contributed by atoms with van der Waals surface area (Å²) in [6.07, 6.45) is -2.79. The normalized spacial score (nSPS) is 26.9. The van der Waals surface area contributed by atoms with Crippen LogP contribution in [-0.4, -0.2) is 71.8 Å². The Balaban J connectivity index is 1.78. The molecule has 0 bridgehead atoms. The number of ether oxygens (including phenoxy) is 1. The van der Waals surface area contributed by atoms with Crippen LogP contribution in [0.3, 0.4) is 0 Å². The molecule has 3 amide bonds.